The predicted octanol–water partition coefficient (Wildman–Crippen LogP) is 4.52. The van der Waals surface area contributed by atoms with Gasteiger partial charge in [-0.2, -0.15) is 0 Å². The number of ether oxygens (including phenoxy) is 1. The Kier molecular flexibility index (Phi) is 7.25. The topological polar surface area (TPSA) is 70.7 Å². The highest BCUT2D eigenvalue weighted by Gasteiger charge is 2.20. The summed E-state index contributed by atoms with van der Waals surface area (Å²) in [6.07, 6.45) is 3.00. The summed E-state index contributed by atoms with van der Waals surface area (Å²) >= 11 is 0. The number of hydrogen-bond acceptors (Lipinski definition) is 4. The Hall–Kier alpha value is -3.80. The lowest BCUT2D eigenvalue weighted by Gasteiger charge is -2.22. The summed E-state index contributed by atoms with van der Waals surface area (Å²) in [5.74, 6) is 0.325. The van der Waals surface area contributed by atoms with E-state index in [4.69, 9.17) is 4.74 Å². The molecule has 0 saturated carbocycles. The van der Waals surface area contributed by atoms with E-state index in [1.54, 1.807) is 37.4 Å². The van der Waals surface area contributed by atoms with Crippen molar-refractivity contribution < 1.29 is 14.3 Å². The zero-order valence-electron chi connectivity index (χ0n) is 18.8. The molecule has 1 saturated heterocycles. The first-order chi connectivity index (χ1) is 16.1. The first-order valence-corrected chi connectivity index (χ1v) is 11.3. The number of carbonyl (C=O) groups excluding carboxylic acids is 2. The molecule has 6 heteroatoms. The van der Waals surface area contributed by atoms with Crippen LogP contribution in [-0.2, 0) is 6.42 Å². The van der Waals surface area contributed by atoms with Gasteiger partial charge in [-0.1, -0.05) is 30.3 Å². The van der Waals surface area contributed by atoms with Crippen LogP contribution in [0.1, 0.15) is 39.1 Å². The number of amides is 2. The quantitative estimate of drug-likeness (QED) is 0.537. The van der Waals surface area contributed by atoms with Gasteiger partial charge in [0.05, 0.1) is 12.7 Å². The maximum absolute atomic E-state index is 13.1. The van der Waals surface area contributed by atoms with Gasteiger partial charge in [-0.05, 0) is 67.3 Å². The van der Waals surface area contributed by atoms with Gasteiger partial charge in [-0.15, -0.1) is 0 Å². The number of hydrogen-bond donors (Lipinski definition) is 2. The van der Waals surface area contributed by atoms with Crippen molar-refractivity contribution in [3.63, 3.8) is 0 Å². The predicted molar refractivity (Wildman–Crippen MR) is 131 cm³/mol. The Bertz CT molecular complexity index is 1090. The van der Waals surface area contributed by atoms with Crippen LogP contribution in [-0.4, -0.2) is 38.6 Å². The molecule has 0 aromatic heterocycles. The molecule has 1 aliphatic rings. The average molecular weight is 444 g/mol. The zero-order valence-corrected chi connectivity index (χ0v) is 18.8. The number of nitrogens with zero attached hydrogens (tertiary/aromatic N) is 1. The molecule has 3 aromatic rings. The number of benzene rings is 3. The first kappa shape index (κ1) is 22.4. The van der Waals surface area contributed by atoms with Gasteiger partial charge in [0.15, 0.2) is 0 Å². The smallest absolute Gasteiger partial charge is 0.255 e. The number of anilines is 2. The summed E-state index contributed by atoms with van der Waals surface area (Å²) in [6.45, 7) is 2.41. The van der Waals surface area contributed by atoms with Gasteiger partial charge in [0.1, 0.15) is 5.75 Å². The Morgan fingerprint density at radius 3 is 2.33 bits per heavy atom. The monoisotopic (exact) mass is 443 g/mol. The molecule has 0 atom stereocenters. The van der Waals surface area contributed by atoms with E-state index in [1.165, 1.54) is 5.56 Å². The fourth-order valence-corrected chi connectivity index (χ4v) is 4.04. The molecule has 0 radical (unpaired) electrons. The zero-order chi connectivity index (χ0) is 23.0. The summed E-state index contributed by atoms with van der Waals surface area (Å²) in [4.78, 5) is 28.1. The molecule has 0 aliphatic carbocycles. The van der Waals surface area contributed by atoms with Crippen LogP contribution in [0.5, 0.6) is 5.75 Å². The normalized spacial score (nSPS) is 12.9. The fraction of sp³-hybridized carbons (Fsp3) is 0.259. The van der Waals surface area contributed by atoms with Crippen molar-refractivity contribution in [2.75, 3.05) is 37.0 Å². The lowest BCUT2D eigenvalue weighted by molar-refractivity contribution is 0.0953. The fourth-order valence-electron chi connectivity index (χ4n) is 4.04. The van der Waals surface area contributed by atoms with E-state index < -0.39 is 0 Å². The van der Waals surface area contributed by atoms with Gasteiger partial charge in [0.25, 0.3) is 11.8 Å². The molecule has 2 amide bonds. The van der Waals surface area contributed by atoms with Crippen molar-refractivity contribution in [3.8, 4) is 5.75 Å². The van der Waals surface area contributed by atoms with Gasteiger partial charge in [0.2, 0.25) is 0 Å². The summed E-state index contributed by atoms with van der Waals surface area (Å²) in [5, 5.41) is 5.96. The van der Waals surface area contributed by atoms with Crippen molar-refractivity contribution in [2.45, 2.75) is 19.3 Å². The molecule has 1 fully saturated rings. The molecule has 170 valence electrons. The molecular weight excluding hydrogens is 414 g/mol. The third-order valence-corrected chi connectivity index (χ3v) is 5.84. The molecule has 6 nitrogen and oxygen atoms in total. The second-order valence-electron chi connectivity index (χ2n) is 8.10. The SMILES string of the molecule is COc1ccc(C(=O)Nc2ccc(N3CCCC3)c(C(=O)NCCc3ccccc3)c2)cc1. The molecule has 3 aromatic carbocycles. The van der Waals surface area contributed by atoms with E-state index >= 15 is 0 Å². The summed E-state index contributed by atoms with van der Waals surface area (Å²) in [7, 11) is 1.59. The van der Waals surface area contributed by atoms with Gasteiger partial charge in [0, 0.05) is 36.6 Å². The number of methoxy groups -OCH3 is 1. The standard InChI is InChI=1S/C27H29N3O3/c1-33-23-12-9-21(10-13-23)26(31)29-22-11-14-25(30-17-5-6-18-30)24(19-22)27(32)28-16-15-20-7-3-2-4-8-20/h2-4,7-14,19H,5-6,15-18H2,1H3,(H,28,32)(H,29,31). The van der Waals surface area contributed by atoms with Crippen LogP contribution < -0.4 is 20.3 Å². The largest absolute Gasteiger partial charge is 0.497 e. The van der Waals surface area contributed by atoms with Gasteiger partial charge in [-0.25, -0.2) is 0 Å². The van der Waals surface area contributed by atoms with Gasteiger partial charge >= 0.3 is 0 Å². The van der Waals surface area contributed by atoms with E-state index in [-0.39, 0.29) is 11.8 Å². The Morgan fingerprint density at radius 2 is 1.64 bits per heavy atom. The molecule has 1 aliphatic heterocycles. The third-order valence-electron chi connectivity index (χ3n) is 5.84. The first-order valence-electron chi connectivity index (χ1n) is 11.3. The molecule has 0 spiro atoms. The van der Waals surface area contributed by atoms with Crippen molar-refractivity contribution in [1.29, 1.82) is 0 Å². The maximum Gasteiger partial charge on any atom is 0.255 e. The molecule has 33 heavy (non-hydrogen) atoms. The molecule has 1 heterocycles. The molecule has 0 unspecified atom stereocenters. The molecule has 0 bridgehead atoms. The van der Waals surface area contributed by atoms with E-state index in [0.717, 1.165) is 38.0 Å². The highest BCUT2D eigenvalue weighted by molar-refractivity contribution is 6.06. The van der Waals surface area contributed by atoms with Crippen LogP contribution in [0.3, 0.4) is 0 Å². The van der Waals surface area contributed by atoms with Crippen LogP contribution in [0.25, 0.3) is 0 Å². The summed E-state index contributed by atoms with van der Waals surface area (Å²) in [6, 6.07) is 22.6. The highest BCUT2D eigenvalue weighted by atomic mass is 16.5. The Balaban J connectivity index is 1.49. The second kappa shape index (κ2) is 10.7. The van der Waals surface area contributed by atoms with Crippen molar-refractivity contribution in [2.24, 2.45) is 0 Å². The lowest BCUT2D eigenvalue weighted by Crippen LogP contribution is -2.29. The van der Waals surface area contributed by atoms with Crippen molar-refractivity contribution in [1.82, 2.24) is 5.32 Å². The minimum atomic E-state index is -0.234. The van der Waals surface area contributed by atoms with Crippen molar-refractivity contribution in [3.05, 3.63) is 89.5 Å². The Labute approximate surface area is 194 Å². The second-order valence-corrected chi connectivity index (χ2v) is 8.10. The molecule has 2 N–H and O–H groups in total. The van der Waals surface area contributed by atoms with E-state index in [0.29, 0.717) is 29.1 Å². The summed E-state index contributed by atoms with van der Waals surface area (Å²) in [5.41, 5.74) is 3.78. The minimum Gasteiger partial charge on any atom is -0.497 e. The lowest BCUT2D eigenvalue weighted by atomic mass is 10.1. The number of carbonyl (C=O) groups is 2. The van der Waals surface area contributed by atoms with E-state index in [2.05, 4.69) is 27.7 Å². The van der Waals surface area contributed by atoms with Crippen LogP contribution in [0.2, 0.25) is 0 Å². The van der Waals surface area contributed by atoms with Crippen molar-refractivity contribution >= 4 is 23.2 Å². The number of nitrogens with one attached hydrogen (secondary N) is 2. The average Bonchev–Trinajstić information content (AvgIpc) is 3.39. The van der Waals surface area contributed by atoms with Crippen LogP contribution in [0, 0.1) is 0 Å². The van der Waals surface area contributed by atoms with Crippen LogP contribution >= 0.6 is 0 Å². The molecular formula is C27H29N3O3. The number of rotatable bonds is 8. The third kappa shape index (κ3) is 5.71. The van der Waals surface area contributed by atoms with Crippen LogP contribution in [0.4, 0.5) is 11.4 Å². The maximum atomic E-state index is 13.1. The Morgan fingerprint density at radius 1 is 0.909 bits per heavy atom. The van der Waals surface area contributed by atoms with Gasteiger partial charge in [-0.3, -0.25) is 9.59 Å². The van der Waals surface area contributed by atoms with Gasteiger partial charge < -0.3 is 20.3 Å². The summed E-state index contributed by atoms with van der Waals surface area (Å²) < 4.78 is 5.15. The highest BCUT2D eigenvalue weighted by Crippen LogP contribution is 2.28. The van der Waals surface area contributed by atoms with E-state index in [9.17, 15) is 9.59 Å². The van der Waals surface area contributed by atoms with E-state index in [1.807, 2.05) is 30.3 Å². The molecule has 4 rings (SSSR count). The minimum absolute atomic E-state index is 0.131. The van der Waals surface area contributed by atoms with Crippen LogP contribution in [0.15, 0.2) is 72.8 Å².